The molecule has 0 aliphatic heterocycles. The molecule has 0 bridgehead atoms. The summed E-state index contributed by atoms with van der Waals surface area (Å²) in [6, 6.07) is 4.96. The summed E-state index contributed by atoms with van der Waals surface area (Å²) in [5, 5.41) is 8.98. The Morgan fingerprint density at radius 2 is 2.16 bits per heavy atom. The molecule has 1 rings (SSSR count). The fraction of sp³-hybridized carbons (Fsp3) is 0.385. The number of ether oxygens (including phenoxy) is 1. The van der Waals surface area contributed by atoms with Crippen LogP contribution in [-0.4, -0.2) is 29.4 Å². The second kappa shape index (κ2) is 8.22. The zero-order valence-electron chi connectivity index (χ0n) is 10.5. The highest BCUT2D eigenvalue weighted by atomic mass is 79.9. The first-order chi connectivity index (χ1) is 9.04. The van der Waals surface area contributed by atoms with Crippen LogP contribution in [0.3, 0.4) is 0 Å². The number of carbonyl (C=O) groups excluding carboxylic acids is 1. The zero-order valence-corrected chi connectivity index (χ0v) is 12.9. The van der Waals surface area contributed by atoms with Gasteiger partial charge in [0, 0.05) is 9.37 Å². The molecule has 0 aliphatic carbocycles. The molecule has 19 heavy (non-hydrogen) atoms. The molecule has 4 nitrogen and oxygen atoms in total. The number of aromatic carboxylic acids is 1. The lowest BCUT2D eigenvalue weighted by Crippen LogP contribution is -2.08. The van der Waals surface area contributed by atoms with Crippen molar-refractivity contribution in [2.45, 2.75) is 24.7 Å². The largest absolute Gasteiger partial charge is 0.478 e. The molecule has 0 amide bonds. The van der Waals surface area contributed by atoms with Crippen LogP contribution < -0.4 is 0 Å². The normalized spacial score (nSPS) is 10.2. The minimum Gasteiger partial charge on any atom is -0.478 e. The Labute approximate surface area is 124 Å². The van der Waals surface area contributed by atoms with E-state index in [1.54, 1.807) is 12.1 Å². The topological polar surface area (TPSA) is 63.6 Å². The average Bonchev–Trinajstić information content (AvgIpc) is 2.37. The Bertz CT molecular complexity index is 462. The second-order valence-corrected chi connectivity index (χ2v) is 5.71. The molecule has 104 valence electrons. The molecule has 0 fully saturated rings. The number of hydrogen-bond acceptors (Lipinski definition) is 4. The third-order valence-corrected chi connectivity index (χ3v) is 3.94. The summed E-state index contributed by atoms with van der Waals surface area (Å²) in [7, 11) is 0. The molecular formula is C13H15BrO4S. The van der Waals surface area contributed by atoms with Gasteiger partial charge in [-0.15, -0.1) is 11.8 Å². The van der Waals surface area contributed by atoms with Crippen LogP contribution in [0.2, 0.25) is 0 Å². The number of halogens is 1. The molecule has 1 aromatic rings. The fourth-order valence-corrected chi connectivity index (χ4v) is 2.42. The molecule has 0 heterocycles. The SMILES string of the molecule is CCCCOC(=O)CSc1ccc(Br)c(C(=O)O)c1. The molecule has 0 atom stereocenters. The highest BCUT2D eigenvalue weighted by Gasteiger charge is 2.10. The lowest BCUT2D eigenvalue weighted by atomic mass is 10.2. The van der Waals surface area contributed by atoms with Crippen LogP contribution in [0.15, 0.2) is 27.6 Å². The van der Waals surface area contributed by atoms with Gasteiger partial charge >= 0.3 is 11.9 Å². The maximum Gasteiger partial charge on any atom is 0.336 e. The summed E-state index contributed by atoms with van der Waals surface area (Å²) in [5.41, 5.74) is 0.185. The van der Waals surface area contributed by atoms with E-state index in [2.05, 4.69) is 15.9 Å². The summed E-state index contributed by atoms with van der Waals surface area (Å²) in [5.74, 6) is -1.09. The van der Waals surface area contributed by atoms with Gasteiger partial charge in [0.25, 0.3) is 0 Å². The van der Waals surface area contributed by atoms with Crippen molar-refractivity contribution in [1.29, 1.82) is 0 Å². The molecule has 6 heteroatoms. The van der Waals surface area contributed by atoms with E-state index in [1.807, 2.05) is 6.92 Å². The molecule has 0 spiro atoms. The van der Waals surface area contributed by atoms with Crippen molar-refractivity contribution in [3.8, 4) is 0 Å². The Morgan fingerprint density at radius 3 is 2.79 bits per heavy atom. The lowest BCUT2D eigenvalue weighted by Gasteiger charge is -2.05. The van der Waals surface area contributed by atoms with Crippen molar-refractivity contribution in [3.05, 3.63) is 28.2 Å². The van der Waals surface area contributed by atoms with Crippen LogP contribution in [-0.2, 0) is 9.53 Å². The smallest absolute Gasteiger partial charge is 0.336 e. The first-order valence-electron chi connectivity index (χ1n) is 5.86. The standard InChI is InChI=1S/C13H15BrO4S/c1-2-3-6-18-12(15)8-19-9-4-5-11(14)10(7-9)13(16)17/h4-5,7H,2-3,6,8H2,1H3,(H,16,17). The molecule has 0 saturated heterocycles. The Kier molecular flexibility index (Phi) is 6.94. The Hall–Kier alpha value is -1.01. The summed E-state index contributed by atoms with van der Waals surface area (Å²) in [4.78, 5) is 23.1. The third-order valence-electron chi connectivity index (χ3n) is 2.29. The van der Waals surface area contributed by atoms with Gasteiger partial charge in [0.15, 0.2) is 0 Å². The zero-order chi connectivity index (χ0) is 14.3. The molecule has 0 unspecified atom stereocenters. The van der Waals surface area contributed by atoms with Crippen LogP contribution in [0.1, 0.15) is 30.1 Å². The number of carboxylic acid groups (broad SMARTS) is 1. The predicted octanol–water partition coefficient (Wildman–Crippen LogP) is 3.58. The fourth-order valence-electron chi connectivity index (χ4n) is 1.27. The number of thioether (sulfide) groups is 1. The third kappa shape index (κ3) is 5.65. The number of rotatable bonds is 7. The molecular weight excluding hydrogens is 332 g/mol. The van der Waals surface area contributed by atoms with E-state index in [1.165, 1.54) is 17.8 Å². The minimum atomic E-state index is -1.00. The average molecular weight is 347 g/mol. The first-order valence-corrected chi connectivity index (χ1v) is 7.63. The maximum absolute atomic E-state index is 11.4. The lowest BCUT2D eigenvalue weighted by molar-refractivity contribution is -0.140. The number of unbranched alkanes of at least 4 members (excludes halogenated alkanes) is 1. The van der Waals surface area contributed by atoms with Crippen molar-refractivity contribution in [3.63, 3.8) is 0 Å². The van der Waals surface area contributed by atoms with Crippen molar-refractivity contribution < 1.29 is 19.4 Å². The van der Waals surface area contributed by atoms with Crippen LogP contribution >= 0.6 is 27.7 Å². The van der Waals surface area contributed by atoms with Crippen molar-refractivity contribution >= 4 is 39.6 Å². The van der Waals surface area contributed by atoms with Gasteiger partial charge in [-0.2, -0.15) is 0 Å². The molecule has 0 aliphatic rings. The van der Waals surface area contributed by atoms with Gasteiger partial charge in [-0.3, -0.25) is 4.79 Å². The van der Waals surface area contributed by atoms with E-state index in [4.69, 9.17) is 9.84 Å². The monoisotopic (exact) mass is 346 g/mol. The van der Waals surface area contributed by atoms with Crippen molar-refractivity contribution in [2.75, 3.05) is 12.4 Å². The van der Waals surface area contributed by atoms with Crippen LogP contribution in [0.5, 0.6) is 0 Å². The number of esters is 1. The quantitative estimate of drug-likeness (QED) is 0.464. The van der Waals surface area contributed by atoms with E-state index in [-0.39, 0.29) is 17.3 Å². The summed E-state index contributed by atoms with van der Waals surface area (Å²) in [6.07, 6.45) is 1.84. The van der Waals surface area contributed by atoms with E-state index >= 15 is 0 Å². The number of hydrogen-bond donors (Lipinski definition) is 1. The Morgan fingerprint density at radius 1 is 1.42 bits per heavy atom. The van der Waals surface area contributed by atoms with Crippen LogP contribution in [0.4, 0.5) is 0 Å². The summed E-state index contributed by atoms with van der Waals surface area (Å²) < 4.78 is 5.54. The number of benzene rings is 1. The van der Waals surface area contributed by atoms with E-state index in [0.717, 1.165) is 17.7 Å². The highest BCUT2D eigenvalue weighted by Crippen LogP contribution is 2.25. The first kappa shape index (κ1) is 16.0. The van der Waals surface area contributed by atoms with Gasteiger partial charge in [0.2, 0.25) is 0 Å². The predicted molar refractivity (Wildman–Crippen MR) is 77.7 cm³/mol. The maximum atomic E-state index is 11.4. The van der Waals surface area contributed by atoms with Gasteiger partial charge < -0.3 is 9.84 Å². The van der Waals surface area contributed by atoms with Gasteiger partial charge in [-0.1, -0.05) is 13.3 Å². The van der Waals surface area contributed by atoms with Gasteiger partial charge in [0.1, 0.15) is 0 Å². The highest BCUT2D eigenvalue weighted by molar-refractivity contribution is 9.10. The molecule has 0 aromatic heterocycles. The Balaban J connectivity index is 2.51. The van der Waals surface area contributed by atoms with Crippen LogP contribution in [0.25, 0.3) is 0 Å². The molecule has 1 N–H and O–H groups in total. The molecule has 1 aromatic carbocycles. The van der Waals surface area contributed by atoms with E-state index in [0.29, 0.717) is 11.1 Å². The van der Waals surface area contributed by atoms with Crippen LogP contribution in [0, 0.1) is 0 Å². The molecule has 0 saturated carbocycles. The number of carboxylic acids is 1. The summed E-state index contributed by atoms with van der Waals surface area (Å²) in [6.45, 7) is 2.47. The molecule has 0 radical (unpaired) electrons. The van der Waals surface area contributed by atoms with E-state index in [9.17, 15) is 9.59 Å². The van der Waals surface area contributed by atoms with Crippen molar-refractivity contribution in [1.82, 2.24) is 0 Å². The summed E-state index contributed by atoms with van der Waals surface area (Å²) >= 11 is 4.44. The van der Waals surface area contributed by atoms with Gasteiger partial charge in [-0.25, -0.2) is 4.79 Å². The second-order valence-electron chi connectivity index (χ2n) is 3.81. The minimum absolute atomic E-state index is 0.185. The number of carbonyl (C=O) groups is 2. The van der Waals surface area contributed by atoms with Gasteiger partial charge in [-0.05, 0) is 40.5 Å². The van der Waals surface area contributed by atoms with E-state index < -0.39 is 5.97 Å². The van der Waals surface area contributed by atoms with Crippen molar-refractivity contribution in [2.24, 2.45) is 0 Å². The van der Waals surface area contributed by atoms with Gasteiger partial charge in [0.05, 0.1) is 17.9 Å².